The monoisotopic (exact) mass is 306 g/mol. The van der Waals surface area contributed by atoms with Gasteiger partial charge >= 0.3 is 0 Å². The van der Waals surface area contributed by atoms with Gasteiger partial charge in [0.05, 0.1) is 13.2 Å². The first kappa shape index (κ1) is 16.6. The van der Waals surface area contributed by atoms with Crippen molar-refractivity contribution in [3.8, 4) is 5.75 Å². The summed E-state index contributed by atoms with van der Waals surface area (Å²) >= 11 is 0. The first-order valence-corrected chi connectivity index (χ1v) is 8.03. The number of ether oxygens (including phenoxy) is 2. The Morgan fingerprint density at radius 2 is 1.77 bits per heavy atom. The Balaban J connectivity index is 1.74. The van der Waals surface area contributed by atoms with Crippen LogP contribution < -0.4 is 10.1 Å². The zero-order valence-corrected chi connectivity index (χ0v) is 13.3. The maximum Gasteiger partial charge on any atom is 0.241 e. The first-order chi connectivity index (χ1) is 10.8. The number of hydrogen-bond acceptors (Lipinski definition) is 4. The van der Waals surface area contributed by atoms with Gasteiger partial charge in [-0.1, -0.05) is 12.8 Å². The van der Waals surface area contributed by atoms with Crippen molar-refractivity contribution >= 4 is 11.6 Å². The van der Waals surface area contributed by atoms with Gasteiger partial charge in [0.2, 0.25) is 5.91 Å². The Kier molecular flexibility index (Phi) is 7.03. The summed E-state index contributed by atoms with van der Waals surface area (Å²) < 4.78 is 10.4. The molecule has 1 heterocycles. The molecule has 1 aliphatic heterocycles. The lowest BCUT2D eigenvalue weighted by Crippen LogP contribution is -2.36. The zero-order chi connectivity index (χ0) is 15.6. The summed E-state index contributed by atoms with van der Waals surface area (Å²) in [6, 6.07) is 7.65. The third-order valence-electron chi connectivity index (χ3n) is 3.81. The number of amides is 1. The van der Waals surface area contributed by atoms with E-state index in [1.54, 1.807) is 7.11 Å². The van der Waals surface area contributed by atoms with Crippen molar-refractivity contribution in [3.05, 3.63) is 24.3 Å². The first-order valence-electron chi connectivity index (χ1n) is 8.03. The van der Waals surface area contributed by atoms with Crippen LogP contribution in [0.3, 0.4) is 0 Å². The predicted molar refractivity (Wildman–Crippen MR) is 87.4 cm³/mol. The predicted octanol–water partition coefficient (Wildman–Crippen LogP) is 2.53. The van der Waals surface area contributed by atoms with Crippen LogP contribution in [-0.2, 0) is 9.53 Å². The second kappa shape index (κ2) is 9.30. The van der Waals surface area contributed by atoms with E-state index < -0.39 is 0 Å². The molecule has 0 atom stereocenters. The van der Waals surface area contributed by atoms with E-state index in [4.69, 9.17) is 9.47 Å². The largest absolute Gasteiger partial charge is 0.491 e. The molecule has 0 aliphatic carbocycles. The molecule has 1 N–H and O–H groups in total. The number of anilines is 1. The quantitative estimate of drug-likeness (QED) is 0.787. The van der Waals surface area contributed by atoms with Gasteiger partial charge in [0.15, 0.2) is 0 Å². The topological polar surface area (TPSA) is 50.8 Å². The second-order valence-corrected chi connectivity index (χ2v) is 5.51. The minimum Gasteiger partial charge on any atom is -0.491 e. The Hall–Kier alpha value is -1.75. The highest BCUT2D eigenvalue weighted by Crippen LogP contribution is 2.16. The number of rotatable bonds is 7. The van der Waals surface area contributed by atoms with Crippen LogP contribution in [0.15, 0.2) is 24.3 Å². The number of nitrogens with one attached hydrogen (secondary N) is 1. The fraction of sp³-hybridized carbons (Fsp3) is 0.588. The van der Waals surface area contributed by atoms with Gasteiger partial charge in [0.1, 0.15) is 12.4 Å². The van der Waals surface area contributed by atoms with Crippen molar-refractivity contribution in [2.24, 2.45) is 0 Å². The standard InChI is InChI=1S/C17H26N2O3/c1-21-12-13-22-16-8-6-15(7-9-16)18-14-17(20)19-10-4-2-3-5-11-19/h6-9,18H,2-5,10-14H2,1H3. The summed E-state index contributed by atoms with van der Waals surface area (Å²) in [5.74, 6) is 0.990. The van der Waals surface area contributed by atoms with Crippen molar-refractivity contribution in [3.63, 3.8) is 0 Å². The van der Waals surface area contributed by atoms with Crippen molar-refractivity contribution in [2.75, 3.05) is 45.3 Å². The summed E-state index contributed by atoms with van der Waals surface area (Å²) in [7, 11) is 1.65. The van der Waals surface area contributed by atoms with Crippen LogP contribution in [0.5, 0.6) is 5.75 Å². The molecule has 0 aromatic heterocycles. The van der Waals surface area contributed by atoms with Crippen molar-refractivity contribution < 1.29 is 14.3 Å². The average Bonchev–Trinajstić information content (AvgIpc) is 2.83. The summed E-state index contributed by atoms with van der Waals surface area (Å²) in [6.07, 6.45) is 4.72. The number of carbonyl (C=O) groups is 1. The lowest BCUT2D eigenvalue weighted by atomic mass is 10.2. The number of nitrogens with zero attached hydrogens (tertiary/aromatic N) is 1. The minimum absolute atomic E-state index is 0.183. The molecular formula is C17H26N2O3. The SMILES string of the molecule is COCCOc1ccc(NCC(=O)N2CCCCCC2)cc1. The molecule has 1 aliphatic rings. The fourth-order valence-electron chi connectivity index (χ4n) is 2.52. The van der Waals surface area contributed by atoms with E-state index in [-0.39, 0.29) is 5.91 Å². The Morgan fingerprint density at radius 1 is 1.09 bits per heavy atom. The van der Waals surface area contributed by atoms with Gasteiger partial charge in [-0.3, -0.25) is 4.79 Å². The summed E-state index contributed by atoms with van der Waals surface area (Å²) in [6.45, 7) is 3.25. The highest BCUT2D eigenvalue weighted by molar-refractivity contribution is 5.80. The van der Waals surface area contributed by atoms with Gasteiger partial charge in [-0.25, -0.2) is 0 Å². The molecule has 122 valence electrons. The molecule has 0 unspecified atom stereocenters. The van der Waals surface area contributed by atoms with Crippen LogP contribution in [0, 0.1) is 0 Å². The Labute approximate surface area is 132 Å². The third kappa shape index (κ3) is 5.56. The molecule has 1 aromatic rings. The van der Waals surface area contributed by atoms with Crippen molar-refractivity contribution in [1.82, 2.24) is 4.90 Å². The van der Waals surface area contributed by atoms with E-state index in [1.165, 1.54) is 12.8 Å². The zero-order valence-electron chi connectivity index (χ0n) is 13.3. The van der Waals surface area contributed by atoms with Crippen LogP contribution in [0.2, 0.25) is 0 Å². The highest BCUT2D eigenvalue weighted by atomic mass is 16.5. The second-order valence-electron chi connectivity index (χ2n) is 5.51. The lowest BCUT2D eigenvalue weighted by Gasteiger charge is -2.20. The molecule has 1 aromatic carbocycles. The molecule has 5 heteroatoms. The molecule has 1 saturated heterocycles. The number of methoxy groups -OCH3 is 1. The summed E-state index contributed by atoms with van der Waals surface area (Å²) in [5.41, 5.74) is 0.933. The number of benzene rings is 1. The average molecular weight is 306 g/mol. The van der Waals surface area contributed by atoms with E-state index in [0.29, 0.717) is 19.8 Å². The normalized spacial score (nSPS) is 15.2. The van der Waals surface area contributed by atoms with Crippen LogP contribution in [-0.4, -0.2) is 50.8 Å². The third-order valence-corrected chi connectivity index (χ3v) is 3.81. The molecule has 1 fully saturated rings. The van der Waals surface area contributed by atoms with Crippen LogP contribution in [0.4, 0.5) is 5.69 Å². The number of likely N-dealkylation sites (tertiary alicyclic amines) is 1. The highest BCUT2D eigenvalue weighted by Gasteiger charge is 2.14. The Morgan fingerprint density at radius 3 is 2.41 bits per heavy atom. The van der Waals surface area contributed by atoms with Crippen LogP contribution >= 0.6 is 0 Å². The molecular weight excluding hydrogens is 280 g/mol. The summed E-state index contributed by atoms with van der Waals surface area (Å²) in [4.78, 5) is 14.2. The van der Waals surface area contributed by atoms with Crippen LogP contribution in [0.25, 0.3) is 0 Å². The summed E-state index contributed by atoms with van der Waals surface area (Å²) in [5, 5.41) is 3.19. The van der Waals surface area contributed by atoms with Crippen molar-refractivity contribution in [2.45, 2.75) is 25.7 Å². The molecule has 5 nitrogen and oxygen atoms in total. The van der Waals surface area contributed by atoms with Gasteiger partial charge in [-0.2, -0.15) is 0 Å². The smallest absolute Gasteiger partial charge is 0.241 e. The van der Waals surface area contributed by atoms with Gasteiger partial charge in [-0.05, 0) is 37.1 Å². The van der Waals surface area contributed by atoms with Gasteiger partial charge in [0.25, 0.3) is 0 Å². The number of hydrogen-bond donors (Lipinski definition) is 1. The van der Waals surface area contributed by atoms with Crippen LogP contribution in [0.1, 0.15) is 25.7 Å². The van der Waals surface area contributed by atoms with Crippen molar-refractivity contribution in [1.29, 1.82) is 0 Å². The van der Waals surface area contributed by atoms with Gasteiger partial charge in [0, 0.05) is 25.9 Å². The lowest BCUT2D eigenvalue weighted by molar-refractivity contribution is -0.129. The maximum absolute atomic E-state index is 12.2. The van der Waals surface area contributed by atoms with Gasteiger partial charge < -0.3 is 19.7 Å². The number of carbonyl (C=O) groups excluding carboxylic acids is 1. The molecule has 1 amide bonds. The van der Waals surface area contributed by atoms with E-state index in [2.05, 4.69) is 5.32 Å². The van der Waals surface area contributed by atoms with E-state index in [9.17, 15) is 4.79 Å². The molecule has 2 rings (SSSR count). The van der Waals surface area contributed by atoms with E-state index >= 15 is 0 Å². The minimum atomic E-state index is 0.183. The van der Waals surface area contributed by atoms with E-state index in [0.717, 1.165) is 37.4 Å². The molecule has 0 saturated carbocycles. The molecule has 22 heavy (non-hydrogen) atoms. The molecule has 0 bridgehead atoms. The molecule has 0 radical (unpaired) electrons. The Bertz CT molecular complexity index is 440. The molecule has 0 spiro atoms. The van der Waals surface area contributed by atoms with Gasteiger partial charge in [-0.15, -0.1) is 0 Å². The fourth-order valence-corrected chi connectivity index (χ4v) is 2.52. The maximum atomic E-state index is 12.2. The van der Waals surface area contributed by atoms with E-state index in [1.807, 2.05) is 29.2 Å².